The van der Waals surface area contributed by atoms with Crippen LogP contribution in [0.2, 0.25) is 0 Å². The van der Waals surface area contributed by atoms with E-state index in [0.717, 1.165) is 13.1 Å². The van der Waals surface area contributed by atoms with E-state index in [1.165, 1.54) is 56.5 Å². The van der Waals surface area contributed by atoms with E-state index in [9.17, 15) is 0 Å². The van der Waals surface area contributed by atoms with Crippen LogP contribution in [-0.4, -0.2) is 39.9 Å². The summed E-state index contributed by atoms with van der Waals surface area (Å²) in [5.41, 5.74) is 3.00. The molecule has 1 spiro atoms. The van der Waals surface area contributed by atoms with Gasteiger partial charge in [-0.05, 0) is 19.8 Å². The van der Waals surface area contributed by atoms with Gasteiger partial charge in [-0.1, -0.05) is 19.3 Å². The smallest absolute Gasteiger partial charge is 0.0638 e. The minimum atomic E-state index is 0. The average molecular weight is 299 g/mol. The molecule has 114 valence electrons. The number of nitrogens with zero attached hydrogens (tertiary/aromatic N) is 3. The maximum Gasteiger partial charge on any atom is 0.0638 e. The number of piperazine rings is 1. The van der Waals surface area contributed by atoms with Crippen LogP contribution >= 0.6 is 12.4 Å². The molecule has 1 saturated carbocycles. The predicted molar refractivity (Wildman–Crippen MR) is 84.3 cm³/mol. The van der Waals surface area contributed by atoms with Crippen LogP contribution in [0.3, 0.4) is 0 Å². The van der Waals surface area contributed by atoms with Gasteiger partial charge in [0.2, 0.25) is 0 Å². The zero-order valence-corrected chi connectivity index (χ0v) is 13.5. The molecule has 1 aromatic rings. The normalized spacial score (nSPS) is 22.7. The molecule has 0 aromatic carbocycles. The Labute approximate surface area is 128 Å². The van der Waals surface area contributed by atoms with E-state index >= 15 is 0 Å². The molecule has 0 bridgehead atoms. The lowest BCUT2D eigenvalue weighted by Gasteiger charge is -2.50. The molecule has 0 atom stereocenters. The van der Waals surface area contributed by atoms with Gasteiger partial charge >= 0.3 is 0 Å². The number of hydrogen-bond donors (Lipinski definition) is 1. The first-order chi connectivity index (χ1) is 9.20. The molecule has 4 nitrogen and oxygen atoms in total. The average Bonchev–Trinajstić information content (AvgIpc) is 2.72. The summed E-state index contributed by atoms with van der Waals surface area (Å²) in [7, 11) is 2.02. The van der Waals surface area contributed by atoms with Crippen molar-refractivity contribution < 1.29 is 0 Å². The summed E-state index contributed by atoms with van der Waals surface area (Å²) in [5.74, 6) is 0. The van der Waals surface area contributed by atoms with Crippen molar-refractivity contribution in [3.63, 3.8) is 0 Å². The molecule has 2 heterocycles. The molecule has 1 aromatic heterocycles. The molecule has 1 saturated heterocycles. The van der Waals surface area contributed by atoms with Crippen molar-refractivity contribution in [2.45, 2.75) is 51.1 Å². The standard InChI is InChI=1S/C15H26N4.ClH/c1-13-14(10-18(2)17-13)11-19-9-8-16-12-15(19)6-4-3-5-7-15;/h10,16H,3-9,11-12H2,1-2H3;1H. The maximum atomic E-state index is 4.48. The van der Waals surface area contributed by atoms with Crippen LogP contribution in [0.4, 0.5) is 0 Å². The molecule has 0 unspecified atom stereocenters. The van der Waals surface area contributed by atoms with Gasteiger partial charge in [0.05, 0.1) is 5.69 Å². The van der Waals surface area contributed by atoms with Gasteiger partial charge in [0, 0.05) is 50.5 Å². The van der Waals surface area contributed by atoms with Gasteiger partial charge in [-0.3, -0.25) is 9.58 Å². The Kier molecular flexibility index (Phi) is 5.10. The Hall–Kier alpha value is -0.580. The minimum absolute atomic E-state index is 0. The van der Waals surface area contributed by atoms with Crippen molar-refractivity contribution in [1.82, 2.24) is 20.0 Å². The van der Waals surface area contributed by atoms with E-state index in [0.29, 0.717) is 5.54 Å². The van der Waals surface area contributed by atoms with Crippen molar-refractivity contribution in [1.29, 1.82) is 0 Å². The van der Waals surface area contributed by atoms with Crippen molar-refractivity contribution in [3.8, 4) is 0 Å². The Balaban J connectivity index is 0.00000147. The molecular weight excluding hydrogens is 272 g/mol. The zero-order chi connectivity index (χ0) is 13.3. The first-order valence-corrected chi connectivity index (χ1v) is 7.65. The Morgan fingerprint density at radius 2 is 2.05 bits per heavy atom. The summed E-state index contributed by atoms with van der Waals surface area (Å²) in [5, 5.41) is 8.10. The highest BCUT2D eigenvalue weighted by Gasteiger charge is 2.39. The van der Waals surface area contributed by atoms with Crippen LogP contribution in [0.1, 0.15) is 43.4 Å². The maximum absolute atomic E-state index is 4.48. The Morgan fingerprint density at radius 3 is 2.70 bits per heavy atom. The first kappa shape index (κ1) is 15.8. The molecular formula is C15H27ClN4. The van der Waals surface area contributed by atoms with Crippen LogP contribution in [0.25, 0.3) is 0 Å². The fraction of sp³-hybridized carbons (Fsp3) is 0.800. The molecule has 20 heavy (non-hydrogen) atoms. The SMILES string of the molecule is Cc1nn(C)cc1CN1CCNCC12CCCCC2.Cl. The third-order valence-electron chi connectivity index (χ3n) is 4.94. The third kappa shape index (κ3) is 3.02. The highest BCUT2D eigenvalue weighted by molar-refractivity contribution is 5.85. The number of aryl methyl sites for hydroxylation is 2. The molecule has 2 aliphatic rings. The lowest BCUT2D eigenvalue weighted by Crippen LogP contribution is -2.61. The highest BCUT2D eigenvalue weighted by Crippen LogP contribution is 2.35. The van der Waals surface area contributed by atoms with Crippen LogP contribution in [-0.2, 0) is 13.6 Å². The molecule has 1 aliphatic heterocycles. The van der Waals surface area contributed by atoms with E-state index in [1.807, 2.05) is 11.7 Å². The molecule has 1 aliphatic carbocycles. The lowest BCUT2D eigenvalue weighted by atomic mass is 9.79. The second kappa shape index (κ2) is 6.46. The Bertz CT molecular complexity index is 429. The monoisotopic (exact) mass is 298 g/mol. The quantitative estimate of drug-likeness (QED) is 0.909. The molecule has 5 heteroatoms. The topological polar surface area (TPSA) is 33.1 Å². The molecule has 1 N–H and O–H groups in total. The summed E-state index contributed by atoms with van der Waals surface area (Å²) < 4.78 is 1.94. The summed E-state index contributed by atoms with van der Waals surface area (Å²) in [6.45, 7) is 6.67. The van der Waals surface area contributed by atoms with Gasteiger partial charge in [-0.2, -0.15) is 5.10 Å². The summed E-state index contributed by atoms with van der Waals surface area (Å²) in [6, 6.07) is 0. The minimum Gasteiger partial charge on any atom is -0.314 e. The molecule has 3 rings (SSSR count). The van der Waals surface area contributed by atoms with Gasteiger partial charge in [-0.15, -0.1) is 12.4 Å². The van der Waals surface area contributed by atoms with E-state index < -0.39 is 0 Å². The Morgan fingerprint density at radius 1 is 1.30 bits per heavy atom. The fourth-order valence-electron chi connectivity index (χ4n) is 3.84. The van der Waals surface area contributed by atoms with Gasteiger partial charge in [0.15, 0.2) is 0 Å². The lowest BCUT2D eigenvalue weighted by molar-refractivity contribution is 0.0207. The summed E-state index contributed by atoms with van der Waals surface area (Å²) >= 11 is 0. The number of nitrogens with one attached hydrogen (secondary N) is 1. The van der Waals surface area contributed by atoms with Crippen LogP contribution in [0.15, 0.2) is 6.20 Å². The summed E-state index contributed by atoms with van der Waals surface area (Å²) in [6.07, 6.45) is 9.11. The number of rotatable bonds is 2. The van der Waals surface area contributed by atoms with Crippen molar-refractivity contribution in [2.24, 2.45) is 7.05 Å². The molecule has 0 radical (unpaired) electrons. The van der Waals surface area contributed by atoms with Crippen LogP contribution < -0.4 is 5.32 Å². The second-order valence-corrected chi connectivity index (χ2v) is 6.30. The van der Waals surface area contributed by atoms with E-state index in [4.69, 9.17) is 0 Å². The van der Waals surface area contributed by atoms with E-state index in [2.05, 4.69) is 28.4 Å². The van der Waals surface area contributed by atoms with Gasteiger partial charge in [-0.25, -0.2) is 0 Å². The number of halogens is 1. The summed E-state index contributed by atoms with van der Waals surface area (Å²) in [4.78, 5) is 2.73. The van der Waals surface area contributed by atoms with Crippen molar-refractivity contribution >= 4 is 12.4 Å². The van der Waals surface area contributed by atoms with Gasteiger partial charge in [0.25, 0.3) is 0 Å². The van der Waals surface area contributed by atoms with Crippen molar-refractivity contribution in [3.05, 3.63) is 17.5 Å². The largest absolute Gasteiger partial charge is 0.314 e. The van der Waals surface area contributed by atoms with E-state index in [-0.39, 0.29) is 12.4 Å². The zero-order valence-electron chi connectivity index (χ0n) is 12.7. The predicted octanol–water partition coefficient (Wildman–Crippen LogP) is 2.26. The second-order valence-electron chi connectivity index (χ2n) is 6.30. The van der Waals surface area contributed by atoms with Crippen molar-refractivity contribution in [2.75, 3.05) is 19.6 Å². The number of aromatic nitrogens is 2. The fourth-order valence-corrected chi connectivity index (χ4v) is 3.84. The highest BCUT2D eigenvalue weighted by atomic mass is 35.5. The van der Waals surface area contributed by atoms with Crippen LogP contribution in [0.5, 0.6) is 0 Å². The van der Waals surface area contributed by atoms with Gasteiger partial charge in [0.1, 0.15) is 0 Å². The first-order valence-electron chi connectivity index (χ1n) is 7.65. The number of hydrogen-bond acceptors (Lipinski definition) is 3. The van der Waals surface area contributed by atoms with E-state index in [1.54, 1.807) is 0 Å². The third-order valence-corrected chi connectivity index (χ3v) is 4.94. The van der Waals surface area contributed by atoms with Gasteiger partial charge < -0.3 is 5.32 Å². The molecule has 0 amide bonds. The van der Waals surface area contributed by atoms with Crippen LogP contribution in [0, 0.1) is 6.92 Å². The molecule has 2 fully saturated rings.